The maximum absolute atomic E-state index is 13.4. The van der Waals surface area contributed by atoms with Gasteiger partial charge >= 0.3 is 11.9 Å². The standard InChI is InChI=1S/C31H44N2O11/c1-30-12-11-19(34)14-18(30)7-8-20-21-9-10-22(31(21,2)16-24(35)28(20)30)25(36)17-43-27(38)15-23(29(39)40)32-26(37)6-4-3-5-13-44-33(41)42/h14,20-24,28,35H,3-13,15-17H2,1-2H3,(H,32,37)(H,39,40). The van der Waals surface area contributed by atoms with E-state index in [4.69, 9.17) is 4.74 Å². The van der Waals surface area contributed by atoms with Crippen molar-refractivity contribution >= 4 is 29.4 Å². The summed E-state index contributed by atoms with van der Waals surface area (Å²) in [7, 11) is 0. The number of carboxylic acid groups (broad SMARTS) is 1. The van der Waals surface area contributed by atoms with Crippen LogP contribution in [0.3, 0.4) is 0 Å². The van der Waals surface area contributed by atoms with Gasteiger partial charge in [0.2, 0.25) is 5.91 Å². The molecule has 4 aliphatic carbocycles. The van der Waals surface area contributed by atoms with E-state index in [0.29, 0.717) is 38.5 Å². The number of ether oxygens (including phenoxy) is 1. The van der Waals surface area contributed by atoms with Crippen LogP contribution in [0.25, 0.3) is 0 Å². The van der Waals surface area contributed by atoms with Crippen LogP contribution in [0.15, 0.2) is 11.6 Å². The molecule has 4 aliphatic rings. The van der Waals surface area contributed by atoms with Crippen molar-refractivity contribution in [1.29, 1.82) is 0 Å². The third-order valence-corrected chi connectivity index (χ3v) is 10.9. The topological polar surface area (TPSA) is 199 Å². The number of amides is 1. The Balaban J connectivity index is 1.28. The molecule has 3 fully saturated rings. The van der Waals surface area contributed by atoms with Crippen LogP contribution in [0.2, 0.25) is 0 Å². The fourth-order valence-corrected chi connectivity index (χ4v) is 8.86. The molecule has 1 amide bonds. The lowest BCUT2D eigenvalue weighted by atomic mass is 9.46. The molecule has 3 saturated carbocycles. The van der Waals surface area contributed by atoms with Gasteiger partial charge in [-0.25, -0.2) is 4.79 Å². The first-order valence-corrected chi connectivity index (χ1v) is 15.7. The molecule has 244 valence electrons. The Morgan fingerprint density at radius 1 is 1.14 bits per heavy atom. The van der Waals surface area contributed by atoms with Crippen LogP contribution in [0, 0.1) is 44.6 Å². The zero-order chi connectivity index (χ0) is 32.2. The van der Waals surface area contributed by atoms with Crippen molar-refractivity contribution < 1.29 is 48.8 Å². The van der Waals surface area contributed by atoms with E-state index in [0.717, 1.165) is 31.3 Å². The number of carbonyl (C=O) groups excluding carboxylic acids is 4. The molecule has 0 bridgehead atoms. The zero-order valence-electron chi connectivity index (χ0n) is 25.5. The molecule has 44 heavy (non-hydrogen) atoms. The van der Waals surface area contributed by atoms with E-state index in [2.05, 4.69) is 24.0 Å². The summed E-state index contributed by atoms with van der Waals surface area (Å²) < 4.78 is 5.20. The molecule has 0 spiro atoms. The fraction of sp³-hybridized carbons (Fsp3) is 0.774. The second-order valence-corrected chi connectivity index (χ2v) is 13.5. The number of esters is 1. The molecule has 0 heterocycles. The minimum atomic E-state index is -1.52. The number of hydrogen-bond donors (Lipinski definition) is 3. The van der Waals surface area contributed by atoms with E-state index >= 15 is 0 Å². The second kappa shape index (κ2) is 13.7. The Morgan fingerprint density at radius 2 is 1.89 bits per heavy atom. The molecule has 0 aromatic heterocycles. The van der Waals surface area contributed by atoms with E-state index in [1.54, 1.807) is 6.08 Å². The number of rotatable bonds is 14. The predicted molar refractivity (Wildman–Crippen MR) is 153 cm³/mol. The molecule has 0 radical (unpaired) electrons. The van der Waals surface area contributed by atoms with Gasteiger partial charge in [-0.3, -0.25) is 19.2 Å². The molecule has 0 aliphatic heterocycles. The molecule has 0 aromatic rings. The summed E-state index contributed by atoms with van der Waals surface area (Å²) in [6, 6.07) is -1.52. The van der Waals surface area contributed by atoms with E-state index < -0.39 is 59.4 Å². The van der Waals surface area contributed by atoms with E-state index in [1.165, 1.54) is 0 Å². The van der Waals surface area contributed by atoms with Crippen LogP contribution in [-0.2, 0) is 33.5 Å². The number of carboxylic acids is 1. The summed E-state index contributed by atoms with van der Waals surface area (Å²) in [4.78, 5) is 76.2. The Kier molecular flexibility index (Phi) is 10.5. The lowest BCUT2D eigenvalue weighted by Gasteiger charge is -2.59. The molecule has 13 nitrogen and oxygen atoms in total. The molecule has 0 saturated heterocycles. The third kappa shape index (κ3) is 7.13. The Bertz CT molecular complexity index is 1200. The van der Waals surface area contributed by atoms with Crippen molar-refractivity contribution in [3.63, 3.8) is 0 Å². The zero-order valence-corrected chi connectivity index (χ0v) is 25.5. The molecule has 13 heteroatoms. The van der Waals surface area contributed by atoms with E-state index in [-0.39, 0.29) is 47.8 Å². The number of fused-ring (bicyclic) bond motifs is 5. The summed E-state index contributed by atoms with van der Waals surface area (Å²) in [5.74, 6) is -2.94. The molecule has 8 unspecified atom stereocenters. The number of ketones is 2. The van der Waals surface area contributed by atoms with Gasteiger partial charge in [-0.15, -0.1) is 10.1 Å². The maximum Gasteiger partial charge on any atom is 0.326 e. The number of hydrogen-bond acceptors (Lipinski definition) is 10. The van der Waals surface area contributed by atoms with Crippen molar-refractivity contribution in [2.24, 2.45) is 34.5 Å². The lowest BCUT2D eigenvalue weighted by Crippen LogP contribution is -2.57. The first-order valence-electron chi connectivity index (χ1n) is 15.7. The van der Waals surface area contributed by atoms with Gasteiger partial charge in [0, 0.05) is 18.8 Å². The molecule has 3 N–H and O–H groups in total. The average molecular weight is 621 g/mol. The average Bonchev–Trinajstić information content (AvgIpc) is 3.29. The highest BCUT2D eigenvalue weighted by molar-refractivity contribution is 5.92. The summed E-state index contributed by atoms with van der Waals surface area (Å²) in [5, 5.41) is 32.5. The van der Waals surface area contributed by atoms with Gasteiger partial charge in [0.25, 0.3) is 5.09 Å². The number of Topliss-reactive ketones (excluding diaryl/α,β-unsaturated/α-hetero) is 1. The predicted octanol–water partition coefficient (Wildman–Crippen LogP) is 2.95. The highest BCUT2D eigenvalue weighted by Gasteiger charge is 2.63. The largest absolute Gasteiger partial charge is 0.480 e. The summed E-state index contributed by atoms with van der Waals surface area (Å²) >= 11 is 0. The minimum Gasteiger partial charge on any atom is -0.480 e. The normalized spacial score (nSPS) is 33.1. The maximum atomic E-state index is 13.4. The van der Waals surface area contributed by atoms with Crippen molar-refractivity contribution in [3.8, 4) is 0 Å². The quantitative estimate of drug-likeness (QED) is 0.112. The monoisotopic (exact) mass is 620 g/mol. The number of carbonyl (C=O) groups is 5. The van der Waals surface area contributed by atoms with Gasteiger partial charge in [-0.2, -0.15) is 0 Å². The minimum absolute atomic E-state index is 0.0280. The van der Waals surface area contributed by atoms with Gasteiger partial charge in [0.05, 0.1) is 19.1 Å². The fourth-order valence-electron chi connectivity index (χ4n) is 8.86. The Hall–Kier alpha value is -3.35. The van der Waals surface area contributed by atoms with Crippen LogP contribution in [0.1, 0.15) is 90.9 Å². The van der Waals surface area contributed by atoms with Gasteiger partial charge in [0.15, 0.2) is 11.6 Å². The first-order chi connectivity index (χ1) is 20.8. The van der Waals surface area contributed by atoms with Crippen LogP contribution in [0.4, 0.5) is 0 Å². The van der Waals surface area contributed by atoms with Crippen molar-refractivity contribution in [3.05, 3.63) is 21.8 Å². The van der Waals surface area contributed by atoms with Gasteiger partial charge in [-0.05, 0) is 86.0 Å². The number of aliphatic hydroxyl groups is 1. The number of aliphatic carboxylic acids is 1. The van der Waals surface area contributed by atoms with Gasteiger partial charge < -0.3 is 25.1 Å². The van der Waals surface area contributed by atoms with Crippen molar-refractivity contribution in [2.45, 2.75) is 103 Å². The molecule has 8 atom stereocenters. The summed E-state index contributed by atoms with van der Waals surface area (Å²) in [6.07, 6.45) is 6.48. The van der Waals surface area contributed by atoms with Gasteiger partial charge in [-0.1, -0.05) is 25.8 Å². The number of aliphatic hydroxyl groups excluding tert-OH is 1. The van der Waals surface area contributed by atoms with Crippen LogP contribution in [0.5, 0.6) is 0 Å². The van der Waals surface area contributed by atoms with Crippen LogP contribution < -0.4 is 5.32 Å². The summed E-state index contributed by atoms with van der Waals surface area (Å²) in [6.45, 7) is 3.63. The Morgan fingerprint density at radius 3 is 2.59 bits per heavy atom. The van der Waals surface area contributed by atoms with E-state index in [1.807, 2.05) is 0 Å². The number of unbranched alkanes of at least 4 members (excludes halogenated alkanes) is 2. The van der Waals surface area contributed by atoms with Crippen molar-refractivity contribution in [2.75, 3.05) is 13.2 Å². The first kappa shape index (κ1) is 33.5. The number of nitrogens with zero attached hydrogens (tertiary/aromatic N) is 1. The number of allylic oxidation sites excluding steroid dienone is 1. The van der Waals surface area contributed by atoms with Crippen LogP contribution >= 0.6 is 0 Å². The Labute approximate surface area is 256 Å². The van der Waals surface area contributed by atoms with E-state index in [9.17, 15) is 44.3 Å². The second-order valence-electron chi connectivity index (χ2n) is 13.5. The molecule has 0 aromatic carbocycles. The SMILES string of the molecule is CC12CCC(=O)C=C1CCC1C2C(O)CC2(C)C(C(=O)COC(=O)CC(NC(=O)CCCCCO[N+](=O)[O-])C(=O)O)CCC12. The van der Waals surface area contributed by atoms with Crippen LogP contribution in [-0.4, -0.2) is 70.1 Å². The highest BCUT2D eigenvalue weighted by Crippen LogP contribution is 2.66. The molecular formula is C31H44N2O11. The molecular weight excluding hydrogens is 576 g/mol. The number of nitrogens with one attached hydrogen (secondary N) is 1. The smallest absolute Gasteiger partial charge is 0.326 e. The lowest BCUT2D eigenvalue weighted by molar-refractivity contribution is -0.757. The van der Waals surface area contributed by atoms with Crippen molar-refractivity contribution in [1.82, 2.24) is 5.32 Å². The highest BCUT2D eigenvalue weighted by atomic mass is 16.9. The molecule has 4 rings (SSSR count). The summed E-state index contributed by atoms with van der Waals surface area (Å²) in [5.41, 5.74) is 0.463. The third-order valence-electron chi connectivity index (χ3n) is 10.9. The van der Waals surface area contributed by atoms with Gasteiger partial charge in [0.1, 0.15) is 12.6 Å².